The maximum atomic E-state index is 13.3. The topological polar surface area (TPSA) is 131 Å². The molecule has 10 heteroatoms. The van der Waals surface area contributed by atoms with Crippen molar-refractivity contribution in [1.29, 1.82) is 0 Å². The fraction of sp³-hybridized carbons (Fsp3) is 0.400. The number of nitrogens with zero attached hydrogens (tertiary/aromatic N) is 5. The van der Waals surface area contributed by atoms with Crippen molar-refractivity contribution in [2.45, 2.75) is 59.9 Å². The smallest absolute Gasteiger partial charge is 0.330 e. The van der Waals surface area contributed by atoms with Gasteiger partial charge in [-0.05, 0) is 51.3 Å². The molecule has 184 valence electrons. The van der Waals surface area contributed by atoms with Gasteiger partial charge in [0.05, 0.1) is 5.52 Å². The van der Waals surface area contributed by atoms with E-state index in [-0.39, 0.29) is 30.4 Å². The number of carbonyl (C=O) groups excluding carboxylic acids is 1. The van der Waals surface area contributed by atoms with Crippen LogP contribution in [0.15, 0.2) is 33.9 Å². The minimum atomic E-state index is -0.658. The normalized spacial score (nSPS) is 11.4. The quantitative estimate of drug-likeness (QED) is 0.401. The summed E-state index contributed by atoms with van der Waals surface area (Å²) in [5, 5.41) is 5.65. The van der Waals surface area contributed by atoms with E-state index in [1.807, 2.05) is 49.6 Å². The van der Waals surface area contributed by atoms with E-state index in [1.54, 1.807) is 6.92 Å². The average Bonchev–Trinajstić information content (AvgIpc) is 3.20. The van der Waals surface area contributed by atoms with Crippen molar-refractivity contribution in [3.63, 3.8) is 0 Å². The molecule has 4 aromatic rings. The molecule has 1 amide bonds. The molecular formula is C25H31N7O3. The summed E-state index contributed by atoms with van der Waals surface area (Å²) in [4.78, 5) is 46.6. The van der Waals surface area contributed by atoms with Crippen LogP contribution in [0.5, 0.6) is 0 Å². The molecule has 0 atom stereocenters. The highest BCUT2D eigenvalue weighted by Gasteiger charge is 2.23. The van der Waals surface area contributed by atoms with E-state index in [2.05, 4.69) is 10.1 Å². The monoisotopic (exact) mass is 477 g/mol. The van der Waals surface area contributed by atoms with Crippen molar-refractivity contribution < 1.29 is 4.79 Å². The van der Waals surface area contributed by atoms with E-state index in [4.69, 9.17) is 10.7 Å². The lowest BCUT2D eigenvalue weighted by atomic mass is 10.1. The average molecular weight is 478 g/mol. The third kappa shape index (κ3) is 4.31. The van der Waals surface area contributed by atoms with E-state index < -0.39 is 11.2 Å². The van der Waals surface area contributed by atoms with Gasteiger partial charge in [0.1, 0.15) is 5.82 Å². The van der Waals surface area contributed by atoms with Crippen molar-refractivity contribution >= 4 is 34.0 Å². The van der Waals surface area contributed by atoms with Gasteiger partial charge in [-0.3, -0.25) is 19.1 Å². The number of nitrogens with one attached hydrogen (secondary N) is 1. The van der Waals surface area contributed by atoms with Gasteiger partial charge in [-0.1, -0.05) is 25.5 Å². The Morgan fingerprint density at radius 2 is 1.91 bits per heavy atom. The van der Waals surface area contributed by atoms with Crippen LogP contribution in [0.25, 0.3) is 16.6 Å². The van der Waals surface area contributed by atoms with Gasteiger partial charge >= 0.3 is 5.69 Å². The molecule has 0 spiro atoms. The van der Waals surface area contributed by atoms with E-state index >= 15 is 0 Å². The van der Waals surface area contributed by atoms with E-state index in [1.165, 1.54) is 9.47 Å². The van der Waals surface area contributed by atoms with Crippen LogP contribution >= 0.6 is 0 Å². The number of benzene rings is 1. The fourth-order valence-electron chi connectivity index (χ4n) is 4.54. The SMILES string of the molecule is CCCCn1c(N)c(N(CC)C(=O)CCc2c(C)nc3c4ccccc4nn3c2C)c(=O)[nH]c1=O. The zero-order chi connectivity index (χ0) is 25.3. The highest BCUT2D eigenvalue weighted by Crippen LogP contribution is 2.24. The second kappa shape index (κ2) is 9.73. The van der Waals surface area contributed by atoms with Crippen molar-refractivity contribution in [1.82, 2.24) is 24.1 Å². The Morgan fingerprint density at radius 1 is 1.17 bits per heavy atom. The Bertz CT molecular complexity index is 1530. The van der Waals surface area contributed by atoms with Crippen LogP contribution in [0, 0.1) is 13.8 Å². The number of rotatable bonds is 8. The molecule has 0 aliphatic carbocycles. The number of aromatic amines is 1. The number of nitrogens with two attached hydrogens (primary N) is 1. The molecular weight excluding hydrogens is 446 g/mol. The highest BCUT2D eigenvalue weighted by atomic mass is 16.2. The molecule has 0 saturated heterocycles. The Labute approximate surface area is 202 Å². The first-order chi connectivity index (χ1) is 16.8. The first kappa shape index (κ1) is 24.2. The molecule has 10 nitrogen and oxygen atoms in total. The third-order valence-electron chi connectivity index (χ3n) is 6.44. The number of anilines is 2. The van der Waals surface area contributed by atoms with Gasteiger partial charge in [-0.2, -0.15) is 5.10 Å². The molecule has 0 saturated carbocycles. The molecule has 0 fully saturated rings. The fourth-order valence-corrected chi connectivity index (χ4v) is 4.54. The zero-order valence-corrected chi connectivity index (χ0v) is 20.6. The number of aryl methyl sites for hydroxylation is 2. The molecule has 3 heterocycles. The van der Waals surface area contributed by atoms with Crippen LogP contribution in [0.2, 0.25) is 0 Å². The molecule has 3 N–H and O–H groups in total. The van der Waals surface area contributed by atoms with Gasteiger partial charge in [0.2, 0.25) is 5.91 Å². The molecule has 0 aliphatic heterocycles. The van der Waals surface area contributed by atoms with Crippen molar-refractivity contribution in [2.24, 2.45) is 0 Å². The lowest BCUT2D eigenvalue weighted by Gasteiger charge is -2.23. The van der Waals surface area contributed by atoms with Crippen LogP contribution in [-0.4, -0.2) is 36.6 Å². The number of nitrogen functional groups attached to an aromatic ring is 1. The summed E-state index contributed by atoms with van der Waals surface area (Å²) in [5.41, 5.74) is 9.36. The number of unbranched alkanes of at least 4 members (excludes halogenated alkanes) is 1. The Morgan fingerprint density at radius 3 is 2.63 bits per heavy atom. The number of amides is 1. The molecule has 0 unspecified atom stereocenters. The summed E-state index contributed by atoms with van der Waals surface area (Å²) in [6.07, 6.45) is 2.17. The van der Waals surface area contributed by atoms with Gasteiger partial charge in [-0.15, -0.1) is 0 Å². The summed E-state index contributed by atoms with van der Waals surface area (Å²) in [7, 11) is 0. The first-order valence-electron chi connectivity index (χ1n) is 11.9. The second-order valence-corrected chi connectivity index (χ2v) is 8.65. The van der Waals surface area contributed by atoms with Gasteiger partial charge in [0, 0.05) is 36.3 Å². The minimum absolute atomic E-state index is 0.0149. The van der Waals surface area contributed by atoms with E-state index in [0.29, 0.717) is 13.0 Å². The maximum absolute atomic E-state index is 13.3. The third-order valence-corrected chi connectivity index (χ3v) is 6.44. The number of H-pyrrole nitrogens is 1. The standard InChI is InChI=1S/C25H31N7O3/c1-5-7-14-31-22(26)21(24(34)28-25(31)35)30(6-2)20(33)13-12-17-15(3)27-23-18-10-8-9-11-19(18)29-32(23)16(17)4/h8-11H,5-7,12-14,26H2,1-4H3,(H,28,34,35). The summed E-state index contributed by atoms with van der Waals surface area (Å²) in [6, 6.07) is 7.84. The lowest BCUT2D eigenvalue weighted by molar-refractivity contribution is -0.118. The van der Waals surface area contributed by atoms with Crippen molar-refractivity contribution in [3.8, 4) is 0 Å². The lowest BCUT2D eigenvalue weighted by Crippen LogP contribution is -2.41. The largest absolute Gasteiger partial charge is 0.383 e. The molecule has 4 rings (SSSR count). The zero-order valence-electron chi connectivity index (χ0n) is 20.6. The van der Waals surface area contributed by atoms with Gasteiger partial charge in [0.25, 0.3) is 5.56 Å². The Kier molecular flexibility index (Phi) is 6.72. The Hall–Kier alpha value is -3.95. The molecule has 1 aromatic carbocycles. The van der Waals surface area contributed by atoms with Gasteiger partial charge < -0.3 is 10.6 Å². The first-order valence-corrected chi connectivity index (χ1v) is 11.9. The number of fused-ring (bicyclic) bond motifs is 3. The second-order valence-electron chi connectivity index (χ2n) is 8.65. The minimum Gasteiger partial charge on any atom is -0.383 e. The predicted octanol–water partition coefficient (Wildman–Crippen LogP) is 2.72. The highest BCUT2D eigenvalue weighted by molar-refractivity contribution is 5.95. The summed E-state index contributed by atoms with van der Waals surface area (Å²) >= 11 is 0. The van der Waals surface area contributed by atoms with Gasteiger partial charge in [0.15, 0.2) is 11.3 Å². The van der Waals surface area contributed by atoms with Crippen LogP contribution in [0.4, 0.5) is 11.5 Å². The van der Waals surface area contributed by atoms with E-state index in [9.17, 15) is 14.4 Å². The summed E-state index contributed by atoms with van der Waals surface area (Å²) < 4.78 is 3.14. The summed E-state index contributed by atoms with van der Waals surface area (Å²) in [5.74, 6) is -0.240. The van der Waals surface area contributed by atoms with Crippen LogP contribution in [0.1, 0.15) is 50.1 Å². The number of hydrogen-bond acceptors (Lipinski definition) is 6. The molecule has 3 aromatic heterocycles. The molecule has 0 bridgehead atoms. The van der Waals surface area contributed by atoms with Crippen LogP contribution in [0.3, 0.4) is 0 Å². The van der Waals surface area contributed by atoms with E-state index in [0.717, 1.165) is 46.3 Å². The van der Waals surface area contributed by atoms with Gasteiger partial charge in [-0.25, -0.2) is 14.3 Å². The molecule has 0 aliphatic rings. The predicted molar refractivity (Wildman–Crippen MR) is 137 cm³/mol. The molecule has 0 radical (unpaired) electrons. The number of aromatic nitrogens is 5. The molecule has 35 heavy (non-hydrogen) atoms. The van der Waals surface area contributed by atoms with Crippen LogP contribution in [-0.2, 0) is 17.8 Å². The van der Waals surface area contributed by atoms with Crippen LogP contribution < -0.4 is 21.9 Å². The number of hydrogen-bond donors (Lipinski definition) is 2. The number of carbonyl (C=O) groups is 1. The van der Waals surface area contributed by atoms with Crippen molar-refractivity contribution in [2.75, 3.05) is 17.2 Å². The summed E-state index contributed by atoms with van der Waals surface area (Å²) in [6.45, 7) is 8.29. The van der Waals surface area contributed by atoms with Crippen molar-refractivity contribution in [3.05, 3.63) is 62.1 Å². The maximum Gasteiger partial charge on any atom is 0.330 e. The Balaban J connectivity index is 1.64.